The summed E-state index contributed by atoms with van der Waals surface area (Å²) >= 11 is 9.57. The van der Waals surface area contributed by atoms with Crippen molar-refractivity contribution in [2.24, 2.45) is 0 Å². The first-order valence-corrected chi connectivity index (χ1v) is 11.4. The highest BCUT2D eigenvalue weighted by molar-refractivity contribution is 9.10. The van der Waals surface area contributed by atoms with Crippen molar-refractivity contribution in [1.82, 2.24) is 0 Å². The van der Waals surface area contributed by atoms with Crippen molar-refractivity contribution in [3.8, 4) is 17.6 Å². The van der Waals surface area contributed by atoms with Gasteiger partial charge in [-0.1, -0.05) is 35.9 Å². The summed E-state index contributed by atoms with van der Waals surface area (Å²) in [4.78, 5) is 12.6. The average molecular weight is 526 g/mol. The first-order valence-electron chi connectivity index (χ1n) is 10.2. The summed E-state index contributed by atoms with van der Waals surface area (Å²) in [6, 6.07) is 20.3. The van der Waals surface area contributed by atoms with Crippen molar-refractivity contribution in [3.63, 3.8) is 0 Å². The van der Waals surface area contributed by atoms with Gasteiger partial charge in [-0.25, -0.2) is 0 Å². The summed E-state index contributed by atoms with van der Waals surface area (Å²) in [5.74, 6) is 0.534. The van der Waals surface area contributed by atoms with Crippen LogP contribution in [-0.2, 0) is 11.4 Å². The van der Waals surface area contributed by atoms with E-state index in [2.05, 4.69) is 21.2 Å². The number of carbonyl (C=O) groups is 1. The molecule has 0 aromatic heterocycles. The number of hydrogen-bond acceptors (Lipinski definition) is 4. The van der Waals surface area contributed by atoms with Crippen LogP contribution in [0.15, 0.2) is 70.7 Å². The fourth-order valence-electron chi connectivity index (χ4n) is 3.09. The van der Waals surface area contributed by atoms with Crippen LogP contribution in [0.25, 0.3) is 6.08 Å². The van der Waals surface area contributed by atoms with E-state index in [1.165, 1.54) is 6.08 Å². The van der Waals surface area contributed by atoms with Gasteiger partial charge >= 0.3 is 0 Å². The van der Waals surface area contributed by atoms with E-state index in [0.29, 0.717) is 45.5 Å². The molecule has 3 aromatic carbocycles. The Hall–Kier alpha value is -3.27. The third-order valence-electron chi connectivity index (χ3n) is 4.56. The second-order valence-corrected chi connectivity index (χ2v) is 8.47. The minimum Gasteiger partial charge on any atom is -0.490 e. The van der Waals surface area contributed by atoms with E-state index in [1.807, 2.05) is 56.3 Å². The molecule has 0 bridgehead atoms. The number of amides is 1. The van der Waals surface area contributed by atoms with Crippen molar-refractivity contribution in [2.45, 2.75) is 20.5 Å². The van der Waals surface area contributed by atoms with E-state index < -0.39 is 5.91 Å². The highest BCUT2D eigenvalue weighted by Gasteiger charge is 2.15. The minimum atomic E-state index is -0.488. The lowest BCUT2D eigenvalue weighted by atomic mass is 10.1. The molecule has 1 amide bonds. The molecule has 5 nitrogen and oxygen atoms in total. The number of anilines is 1. The van der Waals surface area contributed by atoms with Crippen LogP contribution < -0.4 is 14.8 Å². The second-order valence-electron chi connectivity index (χ2n) is 7.18. The van der Waals surface area contributed by atoms with Crippen molar-refractivity contribution < 1.29 is 14.3 Å². The van der Waals surface area contributed by atoms with Crippen molar-refractivity contribution in [1.29, 1.82) is 5.26 Å². The van der Waals surface area contributed by atoms with E-state index in [0.717, 1.165) is 11.1 Å². The van der Waals surface area contributed by atoms with E-state index >= 15 is 0 Å². The van der Waals surface area contributed by atoms with Crippen molar-refractivity contribution >= 4 is 45.2 Å². The number of ether oxygens (including phenoxy) is 2. The van der Waals surface area contributed by atoms with Crippen LogP contribution >= 0.6 is 27.5 Å². The maximum Gasteiger partial charge on any atom is 0.266 e. The molecule has 33 heavy (non-hydrogen) atoms. The highest BCUT2D eigenvalue weighted by Crippen LogP contribution is 2.38. The van der Waals surface area contributed by atoms with Gasteiger partial charge in [-0.05, 0) is 88.9 Å². The van der Waals surface area contributed by atoms with Crippen LogP contribution in [0.1, 0.15) is 23.6 Å². The first kappa shape index (κ1) is 24.4. The van der Waals surface area contributed by atoms with Gasteiger partial charge in [0.1, 0.15) is 18.2 Å². The smallest absolute Gasteiger partial charge is 0.266 e. The quantitative estimate of drug-likeness (QED) is 0.256. The third-order valence-corrected chi connectivity index (χ3v) is 5.38. The lowest BCUT2D eigenvalue weighted by Crippen LogP contribution is -2.13. The standard InChI is InChI=1S/C26H22BrClN2O3/c1-3-32-24-14-19(11-20(15-29)26(31)30-22-9-4-6-17(2)10-22)13-23(27)25(24)33-16-18-7-5-8-21(28)12-18/h4-14H,3,16H2,1-2H3,(H,30,31)/b20-11+. The molecule has 0 spiro atoms. The molecule has 0 aliphatic carbocycles. The third kappa shape index (κ3) is 6.85. The summed E-state index contributed by atoms with van der Waals surface area (Å²) < 4.78 is 12.4. The Kier molecular flexibility index (Phi) is 8.53. The number of halogens is 2. The Bertz CT molecular complexity index is 1230. The zero-order chi connectivity index (χ0) is 23.8. The molecule has 0 fully saturated rings. The Morgan fingerprint density at radius 3 is 2.64 bits per heavy atom. The number of rotatable bonds is 8. The molecular formula is C26H22BrClN2O3. The molecule has 3 rings (SSSR count). The zero-order valence-corrected chi connectivity index (χ0v) is 20.5. The minimum absolute atomic E-state index is 0.0292. The number of nitriles is 1. The van der Waals surface area contributed by atoms with E-state index in [1.54, 1.807) is 24.3 Å². The zero-order valence-electron chi connectivity index (χ0n) is 18.2. The Labute approximate surface area is 206 Å². The van der Waals surface area contributed by atoms with Crippen molar-refractivity contribution in [2.75, 3.05) is 11.9 Å². The van der Waals surface area contributed by atoms with Gasteiger partial charge in [-0.2, -0.15) is 5.26 Å². The van der Waals surface area contributed by atoms with Crippen LogP contribution in [0.3, 0.4) is 0 Å². The normalized spacial score (nSPS) is 10.9. The van der Waals surface area contributed by atoms with Gasteiger partial charge in [-0.3, -0.25) is 4.79 Å². The number of benzene rings is 3. The first-order chi connectivity index (χ1) is 15.9. The van der Waals surface area contributed by atoms with Gasteiger partial charge in [0, 0.05) is 10.7 Å². The van der Waals surface area contributed by atoms with Gasteiger partial charge in [0.05, 0.1) is 11.1 Å². The maximum atomic E-state index is 12.6. The summed E-state index contributed by atoms with van der Waals surface area (Å²) in [6.07, 6.45) is 1.51. The second kappa shape index (κ2) is 11.6. The Morgan fingerprint density at radius 1 is 1.15 bits per heavy atom. The molecule has 0 aliphatic heterocycles. The van der Waals surface area contributed by atoms with Gasteiger partial charge in [0.15, 0.2) is 11.5 Å². The number of nitrogens with zero attached hydrogens (tertiary/aromatic N) is 1. The molecule has 0 heterocycles. The molecule has 168 valence electrons. The molecule has 0 unspecified atom stereocenters. The SMILES string of the molecule is CCOc1cc(/C=C(\C#N)C(=O)Nc2cccc(C)c2)cc(Br)c1OCc1cccc(Cl)c1. The average Bonchev–Trinajstić information content (AvgIpc) is 2.77. The number of nitrogens with one attached hydrogen (secondary N) is 1. The predicted molar refractivity (Wildman–Crippen MR) is 134 cm³/mol. The number of aryl methyl sites for hydroxylation is 1. The number of carbonyl (C=O) groups excluding carboxylic acids is 1. The molecule has 1 N–H and O–H groups in total. The van der Waals surface area contributed by atoms with Gasteiger partial charge < -0.3 is 14.8 Å². The largest absolute Gasteiger partial charge is 0.490 e. The van der Waals surface area contributed by atoms with Crippen LogP contribution in [0, 0.1) is 18.3 Å². The Morgan fingerprint density at radius 2 is 1.94 bits per heavy atom. The monoisotopic (exact) mass is 524 g/mol. The molecule has 3 aromatic rings. The van der Waals surface area contributed by atoms with Crippen molar-refractivity contribution in [3.05, 3.63) is 92.4 Å². The van der Waals surface area contributed by atoms with Crippen LogP contribution in [0.4, 0.5) is 5.69 Å². The van der Waals surface area contributed by atoms with Gasteiger partial charge in [0.25, 0.3) is 5.91 Å². The van der Waals surface area contributed by atoms with Gasteiger partial charge in [0.2, 0.25) is 0 Å². The molecule has 7 heteroatoms. The molecule has 0 saturated heterocycles. The molecule has 0 atom stereocenters. The highest BCUT2D eigenvalue weighted by atomic mass is 79.9. The summed E-state index contributed by atoms with van der Waals surface area (Å²) in [5.41, 5.74) is 3.14. The van der Waals surface area contributed by atoms with Crippen LogP contribution in [0.5, 0.6) is 11.5 Å². The Balaban J connectivity index is 1.85. The molecular weight excluding hydrogens is 504 g/mol. The molecule has 0 saturated carbocycles. The van der Waals surface area contributed by atoms with E-state index in [-0.39, 0.29) is 5.57 Å². The summed E-state index contributed by atoms with van der Waals surface area (Å²) in [7, 11) is 0. The molecule has 0 radical (unpaired) electrons. The summed E-state index contributed by atoms with van der Waals surface area (Å²) in [6.45, 7) is 4.52. The maximum absolute atomic E-state index is 12.6. The fraction of sp³-hybridized carbons (Fsp3) is 0.154. The van der Waals surface area contributed by atoms with E-state index in [9.17, 15) is 10.1 Å². The number of hydrogen-bond donors (Lipinski definition) is 1. The van der Waals surface area contributed by atoms with Gasteiger partial charge in [-0.15, -0.1) is 0 Å². The van der Waals surface area contributed by atoms with E-state index in [4.69, 9.17) is 21.1 Å². The van der Waals surface area contributed by atoms with Crippen LogP contribution in [-0.4, -0.2) is 12.5 Å². The lowest BCUT2D eigenvalue weighted by Gasteiger charge is -2.15. The lowest BCUT2D eigenvalue weighted by molar-refractivity contribution is -0.112. The fourth-order valence-corrected chi connectivity index (χ4v) is 3.88. The molecule has 0 aliphatic rings. The van der Waals surface area contributed by atoms with Crippen LogP contribution in [0.2, 0.25) is 5.02 Å². The summed E-state index contributed by atoms with van der Waals surface area (Å²) in [5, 5.41) is 12.9. The topological polar surface area (TPSA) is 71.3 Å². The predicted octanol–water partition coefficient (Wildman–Crippen LogP) is 6.93.